The lowest BCUT2D eigenvalue weighted by atomic mass is 9.89. The number of hydrogen-bond donors (Lipinski definition) is 1. The second-order valence-corrected chi connectivity index (χ2v) is 9.48. The first-order valence-electron chi connectivity index (χ1n) is 9.73. The SMILES string of the molecule is Cc1cc(C2CCN(c3nc4c(cnn4C(C)(C)C)c(=O)[nH]3)CC2)ccc1Br. The fraction of sp³-hybridized carbons (Fsp3) is 0.476. The van der Waals surface area contributed by atoms with Crippen LogP contribution in [0.4, 0.5) is 5.95 Å². The van der Waals surface area contributed by atoms with Gasteiger partial charge in [-0.2, -0.15) is 10.1 Å². The second-order valence-electron chi connectivity index (χ2n) is 8.62. The van der Waals surface area contributed by atoms with Crippen LogP contribution in [-0.2, 0) is 5.54 Å². The van der Waals surface area contributed by atoms with Crippen molar-refractivity contribution in [1.29, 1.82) is 0 Å². The van der Waals surface area contributed by atoms with Gasteiger partial charge < -0.3 is 4.90 Å². The van der Waals surface area contributed by atoms with Crippen LogP contribution in [0.1, 0.15) is 50.7 Å². The number of aromatic nitrogens is 4. The zero-order valence-electron chi connectivity index (χ0n) is 16.8. The van der Waals surface area contributed by atoms with Crippen molar-refractivity contribution in [3.63, 3.8) is 0 Å². The number of H-pyrrole nitrogens is 1. The van der Waals surface area contributed by atoms with E-state index in [1.54, 1.807) is 6.20 Å². The Morgan fingerprint density at radius 2 is 1.93 bits per heavy atom. The van der Waals surface area contributed by atoms with E-state index in [4.69, 9.17) is 4.98 Å². The number of fused-ring (bicyclic) bond motifs is 1. The Labute approximate surface area is 173 Å². The minimum atomic E-state index is -0.230. The van der Waals surface area contributed by atoms with Crippen LogP contribution in [0.2, 0.25) is 0 Å². The van der Waals surface area contributed by atoms with Crippen molar-refractivity contribution in [2.45, 2.75) is 52.0 Å². The van der Waals surface area contributed by atoms with Gasteiger partial charge in [0.25, 0.3) is 5.56 Å². The molecule has 0 bridgehead atoms. The summed E-state index contributed by atoms with van der Waals surface area (Å²) in [6.07, 6.45) is 3.70. The zero-order chi connectivity index (χ0) is 20.1. The second kappa shape index (κ2) is 7.03. The number of nitrogens with one attached hydrogen (secondary N) is 1. The molecule has 1 saturated heterocycles. The lowest BCUT2D eigenvalue weighted by molar-refractivity contribution is 0.365. The summed E-state index contributed by atoms with van der Waals surface area (Å²) >= 11 is 3.58. The van der Waals surface area contributed by atoms with Crippen molar-refractivity contribution in [1.82, 2.24) is 19.7 Å². The lowest BCUT2D eigenvalue weighted by Gasteiger charge is -2.32. The highest BCUT2D eigenvalue weighted by molar-refractivity contribution is 9.10. The number of hydrogen-bond acceptors (Lipinski definition) is 4. The van der Waals surface area contributed by atoms with E-state index in [9.17, 15) is 4.79 Å². The predicted molar refractivity (Wildman–Crippen MR) is 116 cm³/mol. The van der Waals surface area contributed by atoms with Gasteiger partial charge in [-0.25, -0.2) is 4.68 Å². The van der Waals surface area contributed by atoms with E-state index >= 15 is 0 Å². The molecule has 3 heterocycles. The molecule has 6 nitrogen and oxygen atoms in total. The van der Waals surface area contributed by atoms with Gasteiger partial charge >= 0.3 is 0 Å². The first-order valence-corrected chi connectivity index (χ1v) is 10.5. The summed E-state index contributed by atoms with van der Waals surface area (Å²) in [6, 6.07) is 6.63. The molecule has 0 atom stereocenters. The van der Waals surface area contributed by atoms with Gasteiger partial charge in [-0.3, -0.25) is 9.78 Å². The molecule has 0 spiro atoms. The van der Waals surface area contributed by atoms with Crippen LogP contribution in [0.5, 0.6) is 0 Å². The molecular weight excluding hydrogens is 418 g/mol. The summed E-state index contributed by atoms with van der Waals surface area (Å²) in [5.74, 6) is 1.19. The summed E-state index contributed by atoms with van der Waals surface area (Å²) in [5, 5.41) is 4.93. The van der Waals surface area contributed by atoms with E-state index < -0.39 is 0 Å². The maximum Gasteiger partial charge on any atom is 0.263 e. The first-order chi connectivity index (χ1) is 13.2. The molecule has 0 unspecified atom stereocenters. The van der Waals surface area contributed by atoms with Crippen LogP contribution in [0.15, 0.2) is 33.7 Å². The third-order valence-corrected chi connectivity index (χ3v) is 6.40. The fourth-order valence-electron chi connectivity index (χ4n) is 3.89. The number of aryl methyl sites for hydroxylation is 1. The number of nitrogens with zero attached hydrogens (tertiary/aromatic N) is 4. The number of rotatable bonds is 2. The van der Waals surface area contributed by atoms with Gasteiger partial charge in [0.15, 0.2) is 5.65 Å². The molecule has 148 valence electrons. The van der Waals surface area contributed by atoms with Crippen molar-refractivity contribution < 1.29 is 0 Å². The zero-order valence-corrected chi connectivity index (χ0v) is 18.4. The van der Waals surface area contributed by atoms with Crippen molar-refractivity contribution in [3.05, 3.63) is 50.3 Å². The molecule has 1 aliphatic rings. The molecule has 1 aromatic carbocycles. The molecule has 1 N–H and O–H groups in total. The topological polar surface area (TPSA) is 66.8 Å². The molecule has 0 saturated carbocycles. The van der Waals surface area contributed by atoms with Crippen LogP contribution in [0.3, 0.4) is 0 Å². The van der Waals surface area contributed by atoms with Crippen molar-refractivity contribution in [2.75, 3.05) is 18.0 Å². The first kappa shape index (κ1) is 19.2. The van der Waals surface area contributed by atoms with Gasteiger partial charge in [0.05, 0.1) is 11.7 Å². The van der Waals surface area contributed by atoms with E-state index in [1.165, 1.54) is 11.1 Å². The number of piperidine rings is 1. The van der Waals surface area contributed by atoms with E-state index in [0.717, 1.165) is 30.4 Å². The normalized spacial score (nSPS) is 16.1. The van der Waals surface area contributed by atoms with Crippen LogP contribution < -0.4 is 10.5 Å². The van der Waals surface area contributed by atoms with Gasteiger partial charge in [-0.1, -0.05) is 28.1 Å². The Morgan fingerprint density at radius 1 is 1.21 bits per heavy atom. The van der Waals surface area contributed by atoms with Crippen LogP contribution in [0, 0.1) is 6.92 Å². The molecule has 4 rings (SSSR count). The summed E-state index contributed by atoms with van der Waals surface area (Å²) in [5.41, 5.74) is 2.96. The van der Waals surface area contributed by atoms with E-state index in [-0.39, 0.29) is 11.1 Å². The van der Waals surface area contributed by atoms with Crippen molar-refractivity contribution in [3.8, 4) is 0 Å². The van der Waals surface area contributed by atoms with Crippen LogP contribution in [-0.4, -0.2) is 32.8 Å². The average molecular weight is 444 g/mol. The minimum Gasteiger partial charge on any atom is -0.342 e. The molecule has 7 heteroatoms. The minimum absolute atomic E-state index is 0.124. The van der Waals surface area contributed by atoms with Gasteiger partial charge in [-0.05, 0) is 63.6 Å². The number of aromatic amines is 1. The Bertz CT molecular complexity index is 1070. The van der Waals surface area contributed by atoms with E-state index in [0.29, 0.717) is 22.9 Å². The standard InChI is InChI=1S/C21H26BrN5O/c1-13-11-15(5-6-17(13)22)14-7-9-26(10-8-14)20-24-18-16(19(28)25-20)12-23-27(18)21(2,3)4/h5-6,11-12,14H,7-10H2,1-4H3,(H,24,25,28). The van der Waals surface area contributed by atoms with E-state index in [2.05, 4.69) is 76.8 Å². The molecule has 0 aliphatic carbocycles. The molecule has 28 heavy (non-hydrogen) atoms. The van der Waals surface area contributed by atoms with Crippen LogP contribution in [0.25, 0.3) is 11.0 Å². The molecular formula is C21H26BrN5O. The Morgan fingerprint density at radius 3 is 2.57 bits per heavy atom. The highest BCUT2D eigenvalue weighted by atomic mass is 79.9. The summed E-state index contributed by atoms with van der Waals surface area (Å²) in [4.78, 5) is 22.5. The number of halogens is 1. The summed E-state index contributed by atoms with van der Waals surface area (Å²) < 4.78 is 2.98. The maximum absolute atomic E-state index is 12.6. The Kier molecular flexibility index (Phi) is 4.81. The highest BCUT2D eigenvalue weighted by Crippen LogP contribution is 2.31. The summed E-state index contributed by atoms with van der Waals surface area (Å²) in [6.45, 7) is 10.1. The molecule has 0 radical (unpaired) electrons. The largest absolute Gasteiger partial charge is 0.342 e. The summed E-state index contributed by atoms with van der Waals surface area (Å²) in [7, 11) is 0. The highest BCUT2D eigenvalue weighted by Gasteiger charge is 2.25. The average Bonchev–Trinajstić information content (AvgIpc) is 3.09. The molecule has 2 aromatic heterocycles. The lowest BCUT2D eigenvalue weighted by Crippen LogP contribution is -2.35. The van der Waals surface area contributed by atoms with Crippen LogP contribution >= 0.6 is 15.9 Å². The quantitative estimate of drug-likeness (QED) is 0.639. The molecule has 1 fully saturated rings. The smallest absolute Gasteiger partial charge is 0.263 e. The third kappa shape index (κ3) is 3.48. The predicted octanol–water partition coefficient (Wildman–Crippen LogP) is 4.33. The van der Waals surface area contributed by atoms with Gasteiger partial charge in [0.2, 0.25) is 5.95 Å². The Balaban J connectivity index is 1.58. The van der Waals surface area contributed by atoms with E-state index in [1.807, 2.05) is 4.68 Å². The molecule has 0 amide bonds. The van der Waals surface area contributed by atoms with Gasteiger partial charge in [0.1, 0.15) is 5.39 Å². The molecule has 3 aromatic rings. The molecule has 1 aliphatic heterocycles. The monoisotopic (exact) mass is 443 g/mol. The van der Waals surface area contributed by atoms with Gasteiger partial charge in [0, 0.05) is 17.6 Å². The maximum atomic E-state index is 12.6. The number of benzene rings is 1. The Hall–Kier alpha value is -2.15. The van der Waals surface area contributed by atoms with Crippen molar-refractivity contribution in [2.24, 2.45) is 0 Å². The number of anilines is 1. The van der Waals surface area contributed by atoms with Gasteiger partial charge in [-0.15, -0.1) is 0 Å². The fourth-order valence-corrected chi connectivity index (χ4v) is 4.14. The third-order valence-electron chi connectivity index (χ3n) is 5.51. The van der Waals surface area contributed by atoms with Crippen molar-refractivity contribution >= 4 is 32.9 Å².